The largest absolute Gasteiger partial charge is 0.478 e. The summed E-state index contributed by atoms with van der Waals surface area (Å²) < 4.78 is 30.9. The predicted octanol–water partition coefficient (Wildman–Crippen LogP) is 3.28. The summed E-state index contributed by atoms with van der Waals surface area (Å²) in [5, 5.41) is 13.8. The van der Waals surface area contributed by atoms with E-state index in [2.05, 4.69) is 24.7 Å². The summed E-state index contributed by atoms with van der Waals surface area (Å²) in [6.45, 7) is 9.18. The highest BCUT2D eigenvalue weighted by Crippen LogP contribution is 2.30. The third-order valence-corrected chi connectivity index (χ3v) is 6.83. The number of carboxylic acid groups (broad SMARTS) is 1. The molecular formula is C15H21ClN2O5SSi. The normalized spacial score (nSPS) is 12.7. The number of hydrogen-bond donors (Lipinski definition) is 1. The molecule has 0 atom stereocenters. The maximum absolute atomic E-state index is 11.9. The van der Waals surface area contributed by atoms with Gasteiger partial charge < -0.3 is 9.84 Å². The highest BCUT2D eigenvalue weighted by molar-refractivity contribution is 8.14. The molecule has 0 bridgehead atoms. The fourth-order valence-electron chi connectivity index (χ4n) is 2.35. The molecule has 1 aromatic heterocycles. The number of fused-ring (bicyclic) bond motifs is 1. The maximum atomic E-state index is 11.9. The number of benzene rings is 1. The summed E-state index contributed by atoms with van der Waals surface area (Å²) in [4.78, 5) is 11.0. The Kier molecular flexibility index (Phi) is 5.62. The van der Waals surface area contributed by atoms with E-state index < -0.39 is 23.1 Å². The van der Waals surface area contributed by atoms with Crippen molar-refractivity contribution in [2.24, 2.45) is 0 Å². The standard InChI is InChI=1S/C15H21ClN2O5SSi/c1-10-14-12(17-18(10)9-23-5-6-25(2,3)4)7-11(15(19)20)8-13(14)24(16,21)22/h7-8H,5-6,9H2,1-4H3,(H,19,20). The van der Waals surface area contributed by atoms with Gasteiger partial charge >= 0.3 is 5.97 Å². The lowest BCUT2D eigenvalue weighted by Gasteiger charge is -2.15. The summed E-state index contributed by atoms with van der Waals surface area (Å²) in [5.74, 6) is -1.25. The van der Waals surface area contributed by atoms with E-state index in [4.69, 9.17) is 20.5 Å². The van der Waals surface area contributed by atoms with Gasteiger partial charge in [-0.3, -0.25) is 0 Å². The van der Waals surface area contributed by atoms with Gasteiger partial charge in [0.2, 0.25) is 0 Å². The van der Waals surface area contributed by atoms with Crippen LogP contribution in [0.3, 0.4) is 0 Å². The first kappa shape index (κ1) is 19.9. The molecule has 2 rings (SSSR count). The van der Waals surface area contributed by atoms with E-state index in [0.29, 0.717) is 17.7 Å². The van der Waals surface area contributed by atoms with Gasteiger partial charge in [0.15, 0.2) is 0 Å². The van der Waals surface area contributed by atoms with E-state index in [-0.39, 0.29) is 22.7 Å². The van der Waals surface area contributed by atoms with Crippen LogP contribution in [-0.4, -0.2) is 44.0 Å². The van der Waals surface area contributed by atoms with Gasteiger partial charge in [-0.25, -0.2) is 17.9 Å². The van der Waals surface area contributed by atoms with Crippen molar-refractivity contribution in [2.45, 2.75) is 44.2 Å². The lowest BCUT2D eigenvalue weighted by atomic mass is 10.1. The minimum Gasteiger partial charge on any atom is -0.478 e. The van der Waals surface area contributed by atoms with E-state index in [9.17, 15) is 13.2 Å². The van der Waals surface area contributed by atoms with Crippen LogP contribution in [0.5, 0.6) is 0 Å². The Morgan fingerprint density at radius 3 is 2.52 bits per heavy atom. The van der Waals surface area contributed by atoms with Gasteiger partial charge in [-0.05, 0) is 25.1 Å². The number of carbonyl (C=O) groups is 1. The van der Waals surface area contributed by atoms with E-state index in [1.807, 2.05) is 0 Å². The van der Waals surface area contributed by atoms with Gasteiger partial charge in [-0.15, -0.1) is 0 Å². The number of hydrogen-bond acceptors (Lipinski definition) is 5. The minimum absolute atomic E-state index is 0.162. The molecule has 2 aromatic rings. The Bertz CT molecular complexity index is 918. The van der Waals surface area contributed by atoms with Crippen molar-refractivity contribution in [1.82, 2.24) is 9.78 Å². The first-order valence-corrected chi connectivity index (χ1v) is 13.7. The second-order valence-corrected chi connectivity index (χ2v) is 15.2. The molecular weight excluding hydrogens is 384 g/mol. The number of rotatable bonds is 7. The molecule has 0 aliphatic heterocycles. The molecule has 1 N–H and O–H groups in total. The first-order valence-electron chi connectivity index (χ1n) is 7.67. The molecule has 0 saturated carbocycles. The minimum atomic E-state index is -4.12. The molecule has 0 amide bonds. The van der Waals surface area contributed by atoms with Crippen LogP contribution in [0, 0.1) is 6.92 Å². The summed E-state index contributed by atoms with van der Waals surface area (Å²) >= 11 is 0. The van der Waals surface area contributed by atoms with Crippen molar-refractivity contribution in [3.63, 3.8) is 0 Å². The average Bonchev–Trinajstić information content (AvgIpc) is 2.77. The van der Waals surface area contributed by atoms with Crippen molar-refractivity contribution in [1.29, 1.82) is 0 Å². The van der Waals surface area contributed by atoms with Gasteiger partial charge in [0.05, 0.1) is 16.0 Å². The number of carboxylic acids is 1. The average molecular weight is 405 g/mol. The number of nitrogens with zero attached hydrogens (tertiary/aromatic N) is 2. The SMILES string of the molecule is Cc1c2c(S(=O)(=O)Cl)cc(C(=O)O)cc2nn1COCC[Si](C)(C)C. The second-order valence-electron chi connectivity index (χ2n) is 7.04. The summed E-state index contributed by atoms with van der Waals surface area (Å²) in [7, 11) is 0.158. The molecule has 0 radical (unpaired) electrons. The molecule has 1 heterocycles. The number of ether oxygens (including phenoxy) is 1. The number of halogens is 1. The molecule has 1 aromatic carbocycles. The van der Waals surface area contributed by atoms with Crippen LogP contribution < -0.4 is 0 Å². The Morgan fingerprint density at radius 1 is 1.36 bits per heavy atom. The van der Waals surface area contributed by atoms with Crippen molar-refractivity contribution < 1.29 is 23.1 Å². The second kappa shape index (κ2) is 7.06. The smallest absolute Gasteiger partial charge is 0.335 e. The van der Waals surface area contributed by atoms with E-state index in [1.165, 1.54) is 10.7 Å². The molecule has 0 unspecified atom stereocenters. The van der Waals surface area contributed by atoms with Crippen molar-refractivity contribution in [3.05, 3.63) is 23.4 Å². The van der Waals surface area contributed by atoms with E-state index in [1.54, 1.807) is 6.92 Å². The van der Waals surface area contributed by atoms with Crippen LogP contribution in [-0.2, 0) is 20.5 Å². The molecule has 7 nitrogen and oxygen atoms in total. The highest BCUT2D eigenvalue weighted by Gasteiger charge is 2.23. The van der Waals surface area contributed by atoms with E-state index in [0.717, 1.165) is 12.1 Å². The van der Waals surface area contributed by atoms with E-state index >= 15 is 0 Å². The predicted molar refractivity (Wildman–Crippen MR) is 98.6 cm³/mol. The Hall–Kier alpha value is -1.42. The zero-order valence-corrected chi connectivity index (χ0v) is 17.1. The van der Waals surface area contributed by atoms with Gasteiger partial charge in [0.25, 0.3) is 9.05 Å². The molecule has 10 heteroatoms. The quantitative estimate of drug-likeness (QED) is 0.432. The van der Waals surface area contributed by atoms with Crippen molar-refractivity contribution >= 4 is 44.7 Å². The lowest BCUT2D eigenvalue weighted by Crippen LogP contribution is -2.22. The zero-order chi connectivity index (χ0) is 19.0. The summed E-state index contributed by atoms with van der Waals surface area (Å²) in [6.07, 6.45) is 0. The summed E-state index contributed by atoms with van der Waals surface area (Å²) in [6, 6.07) is 3.38. The van der Waals surface area contributed by atoms with Crippen molar-refractivity contribution in [3.8, 4) is 0 Å². The fraction of sp³-hybridized carbons (Fsp3) is 0.467. The molecule has 0 aliphatic rings. The zero-order valence-electron chi connectivity index (χ0n) is 14.5. The molecule has 0 spiro atoms. The van der Waals surface area contributed by atoms with Crippen LogP contribution in [0.25, 0.3) is 10.9 Å². The summed E-state index contributed by atoms with van der Waals surface area (Å²) in [5.41, 5.74) is 0.626. The maximum Gasteiger partial charge on any atom is 0.335 e. The number of aryl methyl sites for hydroxylation is 1. The van der Waals surface area contributed by atoms with Crippen LogP contribution in [0.4, 0.5) is 0 Å². The van der Waals surface area contributed by atoms with Crippen LogP contribution in [0.1, 0.15) is 16.1 Å². The Balaban J connectivity index is 2.42. The van der Waals surface area contributed by atoms with Crippen LogP contribution in [0.15, 0.2) is 17.0 Å². The number of aromatic carboxylic acids is 1. The van der Waals surface area contributed by atoms with Crippen LogP contribution >= 0.6 is 10.7 Å². The Labute approximate surface area is 152 Å². The monoisotopic (exact) mass is 404 g/mol. The Morgan fingerprint density at radius 2 is 2.00 bits per heavy atom. The topological polar surface area (TPSA) is 98.5 Å². The van der Waals surface area contributed by atoms with Gasteiger partial charge in [-0.2, -0.15) is 5.10 Å². The highest BCUT2D eigenvalue weighted by atomic mass is 35.7. The lowest BCUT2D eigenvalue weighted by molar-refractivity contribution is 0.0696. The third-order valence-electron chi connectivity index (χ3n) is 3.78. The molecule has 0 saturated heterocycles. The molecule has 25 heavy (non-hydrogen) atoms. The molecule has 0 fully saturated rings. The van der Waals surface area contributed by atoms with Gasteiger partial charge in [0, 0.05) is 36.4 Å². The molecule has 138 valence electrons. The fourth-order valence-corrected chi connectivity index (χ4v) is 4.23. The van der Waals surface area contributed by atoms with Crippen molar-refractivity contribution in [2.75, 3.05) is 6.61 Å². The molecule has 0 aliphatic carbocycles. The first-order chi connectivity index (χ1) is 11.4. The third kappa shape index (κ3) is 4.81. The number of aromatic nitrogens is 2. The van der Waals surface area contributed by atoms with Gasteiger partial charge in [-0.1, -0.05) is 19.6 Å². The van der Waals surface area contributed by atoms with Gasteiger partial charge in [0.1, 0.15) is 6.73 Å². The van der Waals surface area contributed by atoms with Crippen LogP contribution in [0.2, 0.25) is 25.7 Å².